The van der Waals surface area contributed by atoms with Crippen LogP contribution in [0.2, 0.25) is 0 Å². The van der Waals surface area contributed by atoms with Crippen LogP contribution < -0.4 is 0 Å². The maximum absolute atomic E-state index is 10.0. The molecule has 2 rings (SSSR count). The monoisotopic (exact) mass is 400 g/mol. The maximum Gasteiger partial charge on any atom is 0.170 e. The number of aliphatic hydroxyl groups excluding tert-OH is 1. The molecule has 0 saturated heterocycles. The number of ether oxygens (including phenoxy) is 1. The van der Waals surface area contributed by atoms with E-state index < -0.39 is 10.4 Å². The molecule has 1 aliphatic carbocycles. The Morgan fingerprint density at radius 2 is 1.38 bits per heavy atom. The first kappa shape index (κ1) is 22.0. The number of aliphatic hydroxyl groups is 1. The van der Waals surface area contributed by atoms with Crippen molar-refractivity contribution in [1.82, 2.24) is 0 Å². The van der Waals surface area contributed by atoms with E-state index in [0.29, 0.717) is 17.8 Å². The minimum absolute atomic E-state index is 0.0765. The van der Waals surface area contributed by atoms with E-state index in [2.05, 4.69) is 60.6 Å². The van der Waals surface area contributed by atoms with E-state index >= 15 is 0 Å². The van der Waals surface area contributed by atoms with Gasteiger partial charge in [0.25, 0.3) is 0 Å². The molecular formula is C22H34Cl2O2. The van der Waals surface area contributed by atoms with Gasteiger partial charge in [0.1, 0.15) is 0 Å². The van der Waals surface area contributed by atoms with Crippen LogP contribution in [0.3, 0.4) is 0 Å². The zero-order chi connectivity index (χ0) is 20.0. The highest BCUT2D eigenvalue weighted by Crippen LogP contribution is 2.51. The van der Waals surface area contributed by atoms with Gasteiger partial charge in [-0.2, -0.15) is 0 Å². The summed E-state index contributed by atoms with van der Waals surface area (Å²) in [5.74, 6) is 1.20. The SMILES string of the molecule is CC(C)c1cc(C(C)C)c([C@H](C)O[C@H]2[C@@H](C)[C@@H](O)C2(Cl)Cl)c(C(C)C)c1. The Morgan fingerprint density at radius 3 is 1.73 bits per heavy atom. The molecule has 4 atom stereocenters. The van der Waals surface area contributed by atoms with Crippen LogP contribution in [0.4, 0.5) is 0 Å². The van der Waals surface area contributed by atoms with E-state index in [1.807, 2.05) is 6.92 Å². The lowest BCUT2D eigenvalue weighted by atomic mass is 9.78. The molecule has 1 N–H and O–H groups in total. The van der Waals surface area contributed by atoms with Crippen molar-refractivity contribution in [3.05, 3.63) is 34.4 Å². The van der Waals surface area contributed by atoms with E-state index in [9.17, 15) is 5.11 Å². The van der Waals surface area contributed by atoms with Crippen LogP contribution in [0.5, 0.6) is 0 Å². The molecule has 1 fully saturated rings. The first-order chi connectivity index (χ1) is 11.9. The molecule has 0 aromatic heterocycles. The summed E-state index contributed by atoms with van der Waals surface area (Å²) in [6, 6.07) is 4.65. The Balaban J connectivity index is 2.46. The lowest BCUT2D eigenvalue weighted by molar-refractivity contribution is -0.151. The number of hydrogen-bond donors (Lipinski definition) is 1. The minimum Gasteiger partial charge on any atom is -0.390 e. The van der Waals surface area contributed by atoms with Crippen molar-refractivity contribution in [1.29, 1.82) is 0 Å². The third-order valence-electron chi connectivity index (χ3n) is 5.68. The van der Waals surface area contributed by atoms with Crippen LogP contribution in [0.1, 0.15) is 102 Å². The van der Waals surface area contributed by atoms with Crippen molar-refractivity contribution in [2.24, 2.45) is 5.92 Å². The summed E-state index contributed by atoms with van der Waals surface area (Å²) in [7, 11) is 0. The van der Waals surface area contributed by atoms with Crippen molar-refractivity contribution >= 4 is 23.2 Å². The second kappa shape index (κ2) is 7.99. The molecule has 0 aliphatic heterocycles. The fourth-order valence-corrected chi connectivity index (χ4v) is 4.80. The quantitative estimate of drug-likeness (QED) is 0.538. The topological polar surface area (TPSA) is 29.5 Å². The minimum atomic E-state index is -1.23. The zero-order valence-corrected chi connectivity index (χ0v) is 18.8. The summed E-state index contributed by atoms with van der Waals surface area (Å²) < 4.78 is 5.09. The molecule has 0 radical (unpaired) electrons. The molecule has 2 nitrogen and oxygen atoms in total. The molecule has 0 spiro atoms. The predicted molar refractivity (Wildman–Crippen MR) is 112 cm³/mol. The van der Waals surface area contributed by atoms with Gasteiger partial charge in [-0.25, -0.2) is 0 Å². The normalized spacial score (nSPS) is 26.5. The molecule has 0 heterocycles. The van der Waals surface area contributed by atoms with Gasteiger partial charge < -0.3 is 9.84 Å². The average molecular weight is 401 g/mol. The number of halogens is 2. The van der Waals surface area contributed by atoms with Gasteiger partial charge in [0, 0.05) is 5.92 Å². The van der Waals surface area contributed by atoms with E-state index in [1.54, 1.807) is 0 Å². The fraction of sp³-hybridized carbons (Fsp3) is 0.727. The summed E-state index contributed by atoms with van der Waals surface area (Å²) in [6.45, 7) is 17.4. The second-order valence-corrected chi connectivity index (χ2v) is 10.2. The first-order valence-electron chi connectivity index (χ1n) is 9.78. The zero-order valence-electron chi connectivity index (χ0n) is 17.3. The number of alkyl halides is 2. The standard InChI is InChI=1S/C22H34Cl2O2/c1-11(2)16-9-17(12(3)4)19(18(10-16)13(5)6)15(8)26-21-14(7)20(25)22(21,23)24/h9-15,20-21,25H,1-8H3/t14-,15-,20+,21-/m0/s1. The highest BCUT2D eigenvalue weighted by molar-refractivity contribution is 6.50. The summed E-state index contributed by atoms with van der Waals surface area (Å²) >= 11 is 12.6. The average Bonchev–Trinajstić information content (AvgIpc) is 2.56. The van der Waals surface area contributed by atoms with Crippen molar-refractivity contribution in [3.63, 3.8) is 0 Å². The summed E-state index contributed by atoms with van der Waals surface area (Å²) in [5, 5.41) is 10.0. The van der Waals surface area contributed by atoms with Crippen LogP contribution in [-0.4, -0.2) is 21.6 Å². The lowest BCUT2D eigenvalue weighted by Gasteiger charge is -2.51. The van der Waals surface area contributed by atoms with Crippen LogP contribution in [-0.2, 0) is 4.74 Å². The highest BCUT2D eigenvalue weighted by Gasteiger charge is 2.59. The Hall–Kier alpha value is -0.280. The van der Waals surface area contributed by atoms with Gasteiger partial charge in [0.2, 0.25) is 0 Å². The van der Waals surface area contributed by atoms with E-state index in [-0.39, 0.29) is 18.1 Å². The van der Waals surface area contributed by atoms with Crippen molar-refractivity contribution in [2.45, 2.75) is 95.8 Å². The van der Waals surface area contributed by atoms with Gasteiger partial charge >= 0.3 is 0 Å². The Morgan fingerprint density at radius 1 is 0.923 bits per heavy atom. The third kappa shape index (κ3) is 3.94. The lowest BCUT2D eigenvalue weighted by Crippen LogP contribution is -2.63. The summed E-state index contributed by atoms with van der Waals surface area (Å²) in [5.41, 5.74) is 5.27. The van der Waals surface area contributed by atoms with Gasteiger partial charge in [-0.05, 0) is 46.9 Å². The smallest absolute Gasteiger partial charge is 0.170 e. The van der Waals surface area contributed by atoms with Gasteiger partial charge in [-0.15, -0.1) is 0 Å². The van der Waals surface area contributed by atoms with E-state index in [0.717, 1.165) is 0 Å². The molecule has 0 bridgehead atoms. The molecular weight excluding hydrogens is 367 g/mol. The Kier molecular flexibility index (Phi) is 6.77. The molecule has 1 aliphatic rings. The second-order valence-electron chi connectivity index (χ2n) is 8.75. The molecule has 1 aromatic rings. The molecule has 1 saturated carbocycles. The third-order valence-corrected chi connectivity index (χ3v) is 6.56. The van der Waals surface area contributed by atoms with Crippen molar-refractivity contribution in [3.8, 4) is 0 Å². The molecule has 148 valence electrons. The summed E-state index contributed by atoms with van der Waals surface area (Å²) in [4.78, 5) is 0. The number of rotatable bonds is 6. The van der Waals surface area contributed by atoms with E-state index in [4.69, 9.17) is 27.9 Å². The van der Waals surface area contributed by atoms with Crippen LogP contribution in [0.25, 0.3) is 0 Å². The van der Waals surface area contributed by atoms with Gasteiger partial charge in [0.15, 0.2) is 4.33 Å². The molecule has 1 aromatic carbocycles. The molecule has 26 heavy (non-hydrogen) atoms. The Bertz CT molecular complexity index is 608. The molecule has 0 unspecified atom stereocenters. The number of hydrogen-bond acceptors (Lipinski definition) is 2. The molecule has 0 amide bonds. The van der Waals surface area contributed by atoms with E-state index in [1.165, 1.54) is 22.3 Å². The van der Waals surface area contributed by atoms with Crippen molar-refractivity contribution < 1.29 is 9.84 Å². The Labute approximate surface area is 169 Å². The van der Waals surface area contributed by atoms with Gasteiger partial charge in [-0.3, -0.25) is 0 Å². The first-order valence-corrected chi connectivity index (χ1v) is 10.5. The van der Waals surface area contributed by atoms with Gasteiger partial charge in [0.05, 0.1) is 18.3 Å². The van der Waals surface area contributed by atoms with Crippen LogP contribution in [0, 0.1) is 5.92 Å². The number of benzene rings is 1. The van der Waals surface area contributed by atoms with Crippen LogP contribution >= 0.6 is 23.2 Å². The highest BCUT2D eigenvalue weighted by atomic mass is 35.5. The van der Waals surface area contributed by atoms with Crippen LogP contribution in [0.15, 0.2) is 12.1 Å². The molecule has 4 heteroatoms. The predicted octanol–water partition coefficient (Wildman–Crippen LogP) is 6.69. The van der Waals surface area contributed by atoms with Gasteiger partial charge in [-0.1, -0.05) is 83.8 Å². The van der Waals surface area contributed by atoms with Crippen molar-refractivity contribution in [2.75, 3.05) is 0 Å². The maximum atomic E-state index is 10.0. The fourth-order valence-electron chi connectivity index (χ4n) is 3.90. The largest absolute Gasteiger partial charge is 0.390 e. The summed E-state index contributed by atoms with van der Waals surface area (Å²) in [6.07, 6.45) is -1.26.